The van der Waals surface area contributed by atoms with Crippen molar-refractivity contribution in [3.63, 3.8) is 0 Å². The number of piperidine rings is 2. The average Bonchev–Trinajstić information content (AvgIpc) is 2.53. The van der Waals surface area contributed by atoms with Gasteiger partial charge in [-0.3, -0.25) is 0 Å². The first kappa shape index (κ1) is 19.0. The Kier molecular flexibility index (Phi) is 10.4. The molecule has 2 fully saturated rings. The Morgan fingerprint density at radius 2 is 1.29 bits per heavy atom. The van der Waals surface area contributed by atoms with Crippen molar-refractivity contribution in [1.82, 2.24) is 9.80 Å². The van der Waals surface area contributed by atoms with Crippen LogP contribution >= 0.6 is 0 Å². The molecule has 0 aromatic heterocycles. The molecule has 0 aliphatic carbocycles. The van der Waals surface area contributed by atoms with E-state index in [0.29, 0.717) is 0 Å². The third-order valence-corrected chi connectivity index (χ3v) is 5.31. The summed E-state index contributed by atoms with van der Waals surface area (Å²) in [4.78, 5) is 5.15. The Bertz CT molecular complexity index is 226. The van der Waals surface area contributed by atoms with Crippen molar-refractivity contribution >= 4 is 0 Å². The summed E-state index contributed by atoms with van der Waals surface area (Å²) in [7, 11) is 2.26. The van der Waals surface area contributed by atoms with E-state index in [1.165, 1.54) is 84.1 Å². The van der Waals surface area contributed by atoms with Gasteiger partial charge in [-0.15, -0.1) is 0 Å². The van der Waals surface area contributed by atoms with E-state index in [4.69, 9.17) is 0 Å². The number of hydrogen-bond donors (Lipinski definition) is 0. The molecule has 21 heavy (non-hydrogen) atoms. The maximum absolute atomic E-state index is 2.66. The zero-order valence-corrected chi connectivity index (χ0v) is 15.2. The van der Waals surface area contributed by atoms with E-state index in [2.05, 4.69) is 23.8 Å². The van der Waals surface area contributed by atoms with E-state index in [1.54, 1.807) is 0 Å². The molecule has 0 bridgehead atoms. The van der Waals surface area contributed by atoms with Gasteiger partial charge in [-0.25, -0.2) is 0 Å². The molecule has 0 radical (unpaired) electrons. The van der Waals surface area contributed by atoms with Gasteiger partial charge in [-0.1, -0.05) is 40.0 Å². The lowest BCUT2D eigenvalue weighted by Crippen LogP contribution is -2.34. The van der Waals surface area contributed by atoms with Crippen molar-refractivity contribution in [2.75, 3.05) is 39.8 Å². The predicted octanol–water partition coefficient (Wildman–Crippen LogP) is 4.65. The van der Waals surface area contributed by atoms with Crippen LogP contribution in [0.3, 0.4) is 0 Å². The molecule has 2 heterocycles. The van der Waals surface area contributed by atoms with E-state index in [1.807, 2.05) is 13.8 Å². The molecule has 0 aromatic carbocycles. The number of hydrogen-bond acceptors (Lipinski definition) is 2. The van der Waals surface area contributed by atoms with Crippen molar-refractivity contribution < 1.29 is 0 Å². The Morgan fingerprint density at radius 3 is 1.76 bits per heavy atom. The van der Waals surface area contributed by atoms with E-state index < -0.39 is 0 Å². The van der Waals surface area contributed by atoms with Crippen LogP contribution in [-0.4, -0.2) is 49.6 Å². The minimum absolute atomic E-state index is 1.04. The standard InChI is InChI=1S/C17H34N2.C2H6/c1-3-11-19-14-9-17(10-15-19)6-4-5-16-7-12-18(2)13-8-16;1-2/h16-17H,3-15H2,1-2H3;1-2H3. The second-order valence-electron chi connectivity index (χ2n) is 6.96. The van der Waals surface area contributed by atoms with E-state index in [9.17, 15) is 0 Å². The van der Waals surface area contributed by atoms with Crippen molar-refractivity contribution in [2.45, 2.75) is 72.1 Å². The van der Waals surface area contributed by atoms with Gasteiger partial charge >= 0.3 is 0 Å². The Hall–Kier alpha value is -0.0800. The SMILES string of the molecule is CC.CCCN1CCC(CCCC2CCN(C)CC2)CC1. The second-order valence-corrected chi connectivity index (χ2v) is 6.96. The molecule has 2 aliphatic heterocycles. The highest BCUT2D eigenvalue weighted by molar-refractivity contribution is 4.74. The molecular formula is C19H40N2. The monoisotopic (exact) mass is 296 g/mol. The lowest BCUT2D eigenvalue weighted by atomic mass is 9.87. The summed E-state index contributed by atoms with van der Waals surface area (Å²) in [6.45, 7) is 13.0. The van der Waals surface area contributed by atoms with E-state index in [0.717, 1.165) is 11.8 Å². The van der Waals surface area contributed by atoms with Gasteiger partial charge in [0.2, 0.25) is 0 Å². The first-order valence-corrected chi connectivity index (χ1v) is 9.68. The Morgan fingerprint density at radius 1 is 0.810 bits per heavy atom. The lowest BCUT2D eigenvalue weighted by Gasteiger charge is -2.32. The first-order valence-electron chi connectivity index (χ1n) is 9.68. The first-order chi connectivity index (χ1) is 10.3. The molecule has 2 heteroatoms. The molecule has 0 spiro atoms. The minimum atomic E-state index is 1.04. The summed E-state index contributed by atoms with van der Waals surface area (Å²) in [5.74, 6) is 2.08. The average molecular weight is 297 g/mol. The third kappa shape index (κ3) is 7.65. The number of nitrogens with zero attached hydrogens (tertiary/aromatic N) is 2. The van der Waals surface area contributed by atoms with Crippen LogP contribution in [0, 0.1) is 11.8 Å². The lowest BCUT2D eigenvalue weighted by molar-refractivity contribution is 0.171. The van der Waals surface area contributed by atoms with Gasteiger partial charge in [0.05, 0.1) is 0 Å². The zero-order valence-electron chi connectivity index (χ0n) is 15.2. The van der Waals surface area contributed by atoms with Gasteiger partial charge in [-0.05, 0) is 83.7 Å². The van der Waals surface area contributed by atoms with Crippen molar-refractivity contribution in [3.8, 4) is 0 Å². The molecule has 2 nitrogen and oxygen atoms in total. The predicted molar refractivity (Wildman–Crippen MR) is 94.9 cm³/mol. The molecule has 0 unspecified atom stereocenters. The second kappa shape index (κ2) is 11.5. The zero-order chi connectivity index (χ0) is 15.5. The van der Waals surface area contributed by atoms with Crippen molar-refractivity contribution in [2.24, 2.45) is 11.8 Å². The quantitative estimate of drug-likeness (QED) is 0.704. The molecule has 0 aromatic rings. The normalized spacial score (nSPS) is 22.9. The van der Waals surface area contributed by atoms with Crippen molar-refractivity contribution in [3.05, 3.63) is 0 Å². The molecule has 0 atom stereocenters. The Balaban J connectivity index is 0.00000106. The van der Waals surface area contributed by atoms with Gasteiger partial charge in [0.15, 0.2) is 0 Å². The summed E-state index contributed by atoms with van der Waals surface area (Å²) < 4.78 is 0. The van der Waals surface area contributed by atoms with E-state index in [-0.39, 0.29) is 0 Å². The van der Waals surface area contributed by atoms with Crippen LogP contribution in [0.15, 0.2) is 0 Å². The van der Waals surface area contributed by atoms with Gasteiger partial charge in [0.1, 0.15) is 0 Å². The van der Waals surface area contributed by atoms with Gasteiger partial charge < -0.3 is 9.80 Å². The van der Waals surface area contributed by atoms with Crippen LogP contribution < -0.4 is 0 Å². The van der Waals surface area contributed by atoms with Crippen molar-refractivity contribution in [1.29, 1.82) is 0 Å². The van der Waals surface area contributed by atoms with Crippen LogP contribution in [0.2, 0.25) is 0 Å². The van der Waals surface area contributed by atoms with E-state index >= 15 is 0 Å². The van der Waals surface area contributed by atoms with Gasteiger partial charge in [-0.2, -0.15) is 0 Å². The molecule has 0 amide bonds. The van der Waals surface area contributed by atoms with Crippen LogP contribution in [0.25, 0.3) is 0 Å². The highest BCUT2D eigenvalue weighted by atomic mass is 15.1. The fourth-order valence-electron chi connectivity index (χ4n) is 3.86. The molecule has 2 saturated heterocycles. The topological polar surface area (TPSA) is 6.48 Å². The summed E-state index contributed by atoms with van der Waals surface area (Å²) in [6, 6.07) is 0. The molecular weight excluding hydrogens is 256 g/mol. The largest absolute Gasteiger partial charge is 0.306 e. The fraction of sp³-hybridized carbons (Fsp3) is 1.00. The van der Waals surface area contributed by atoms with Gasteiger partial charge in [0.25, 0.3) is 0 Å². The van der Waals surface area contributed by atoms with Crippen LogP contribution in [0.5, 0.6) is 0 Å². The summed E-state index contributed by atoms with van der Waals surface area (Å²) in [5.41, 5.74) is 0. The molecule has 2 rings (SSSR count). The van der Waals surface area contributed by atoms with Gasteiger partial charge in [0, 0.05) is 0 Å². The third-order valence-electron chi connectivity index (χ3n) is 5.31. The van der Waals surface area contributed by atoms with Crippen LogP contribution in [0.4, 0.5) is 0 Å². The maximum Gasteiger partial charge on any atom is -0.00161 e. The molecule has 0 N–H and O–H groups in total. The molecule has 126 valence electrons. The molecule has 0 saturated carbocycles. The van der Waals surface area contributed by atoms with Crippen LogP contribution in [0.1, 0.15) is 72.1 Å². The molecule has 2 aliphatic rings. The summed E-state index contributed by atoms with van der Waals surface area (Å²) in [5, 5.41) is 0. The smallest absolute Gasteiger partial charge is 0.00161 e. The fourth-order valence-corrected chi connectivity index (χ4v) is 3.86. The summed E-state index contributed by atoms with van der Waals surface area (Å²) in [6.07, 6.45) is 11.7. The number of likely N-dealkylation sites (tertiary alicyclic amines) is 2. The highest BCUT2D eigenvalue weighted by Crippen LogP contribution is 2.26. The maximum atomic E-state index is 2.66. The number of rotatable bonds is 6. The Labute approximate surface area is 134 Å². The minimum Gasteiger partial charge on any atom is -0.306 e. The van der Waals surface area contributed by atoms with Crippen LogP contribution in [-0.2, 0) is 0 Å². The summed E-state index contributed by atoms with van der Waals surface area (Å²) >= 11 is 0. The highest BCUT2D eigenvalue weighted by Gasteiger charge is 2.20.